The van der Waals surface area contributed by atoms with Gasteiger partial charge >= 0.3 is 0 Å². The maximum atomic E-state index is 13.1. The van der Waals surface area contributed by atoms with Crippen LogP contribution in [-0.2, 0) is 9.53 Å². The van der Waals surface area contributed by atoms with Gasteiger partial charge in [-0.3, -0.25) is 9.59 Å². The summed E-state index contributed by atoms with van der Waals surface area (Å²) < 4.78 is 5.89. The molecular formula is C22H26N2O3. The number of rotatable bonds is 3. The smallest absolute Gasteiger partial charge is 0.253 e. The van der Waals surface area contributed by atoms with Crippen LogP contribution in [0.3, 0.4) is 0 Å². The molecular weight excluding hydrogens is 340 g/mol. The largest absolute Gasteiger partial charge is 0.374 e. The predicted octanol–water partition coefficient (Wildman–Crippen LogP) is 2.57. The van der Waals surface area contributed by atoms with Crippen LogP contribution in [0, 0.1) is 11.8 Å². The van der Waals surface area contributed by atoms with E-state index in [4.69, 9.17) is 4.74 Å². The number of carbonyl (C=O) groups is 2. The summed E-state index contributed by atoms with van der Waals surface area (Å²) in [6.45, 7) is 5.99. The van der Waals surface area contributed by atoms with Gasteiger partial charge in [0, 0.05) is 31.1 Å². The number of amides is 2. The molecule has 4 aliphatic heterocycles. The maximum Gasteiger partial charge on any atom is 0.253 e. The molecule has 0 unspecified atom stereocenters. The first-order valence-electron chi connectivity index (χ1n) is 10.1. The molecule has 1 aromatic carbocycles. The summed E-state index contributed by atoms with van der Waals surface area (Å²) >= 11 is 0. The number of likely N-dealkylation sites (tertiary alicyclic amines) is 2. The van der Waals surface area contributed by atoms with E-state index in [1.165, 1.54) is 0 Å². The van der Waals surface area contributed by atoms with Gasteiger partial charge in [0.2, 0.25) is 5.91 Å². The lowest BCUT2D eigenvalue weighted by molar-refractivity contribution is -0.138. The minimum Gasteiger partial charge on any atom is -0.374 e. The SMILES string of the molecule is C=Cc1ccc(C(=O)N2C[C@@H]3CCN(C(=O)[C@@H]4C[C@H]5CC[C@@H]4O5)[C@@H]3C2)cc1. The molecule has 0 spiro atoms. The Bertz CT molecular complexity index is 774. The molecule has 4 saturated heterocycles. The average molecular weight is 366 g/mol. The summed E-state index contributed by atoms with van der Waals surface area (Å²) in [5.74, 6) is 0.776. The molecule has 0 aromatic heterocycles. The third-order valence-corrected chi connectivity index (χ3v) is 6.93. The van der Waals surface area contributed by atoms with E-state index < -0.39 is 0 Å². The zero-order valence-corrected chi connectivity index (χ0v) is 15.5. The summed E-state index contributed by atoms with van der Waals surface area (Å²) in [6.07, 6.45) is 6.21. The molecule has 142 valence electrons. The number of benzene rings is 1. The van der Waals surface area contributed by atoms with Gasteiger partial charge in [-0.05, 0) is 43.4 Å². The van der Waals surface area contributed by atoms with Gasteiger partial charge in [0.15, 0.2) is 0 Å². The van der Waals surface area contributed by atoms with Crippen LogP contribution < -0.4 is 0 Å². The van der Waals surface area contributed by atoms with E-state index in [0.29, 0.717) is 24.1 Å². The van der Waals surface area contributed by atoms with Crippen LogP contribution in [0.5, 0.6) is 0 Å². The molecule has 4 fully saturated rings. The highest BCUT2D eigenvalue weighted by atomic mass is 16.5. The Morgan fingerprint density at radius 1 is 1.11 bits per heavy atom. The first-order valence-corrected chi connectivity index (χ1v) is 10.1. The molecule has 0 aliphatic carbocycles. The fraction of sp³-hybridized carbons (Fsp3) is 0.545. The average Bonchev–Trinajstić information content (AvgIpc) is 3.47. The summed E-state index contributed by atoms with van der Waals surface area (Å²) in [4.78, 5) is 30.0. The van der Waals surface area contributed by atoms with E-state index in [2.05, 4.69) is 11.5 Å². The Kier molecular flexibility index (Phi) is 4.08. The molecule has 5 heteroatoms. The highest BCUT2D eigenvalue weighted by Crippen LogP contribution is 2.42. The van der Waals surface area contributed by atoms with Gasteiger partial charge in [-0.2, -0.15) is 0 Å². The van der Waals surface area contributed by atoms with Crippen molar-refractivity contribution in [3.05, 3.63) is 42.0 Å². The second kappa shape index (κ2) is 6.48. The number of ether oxygens (including phenoxy) is 1. The molecule has 4 aliphatic rings. The monoisotopic (exact) mass is 366 g/mol. The summed E-state index contributed by atoms with van der Waals surface area (Å²) in [7, 11) is 0. The Hall–Kier alpha value is -2.14. The molecule has 5 nitrogen and oxygen atoms in total. The second-order valence-electron chi connectivity index (χ2n) is 8.40. The zero-order valence-electron chi connectivity index (χ0n) is 15.5. The number of carbonyl (C=O) groups excluding carboxylic acids is 2. The van der Waals surface area contributed by atoms with Gasteiger partial charge in [0.1, 0.15) is 0 Å². The quantitative estimate of drug-likeness (QED) is 0.826. The third-order valence-electron chi connectivity index (χ3n) is 6.93. The van der Waals surface area contributed by atoms with E-state index in [1.54, 1.807) is 6.08 Å². The standard InChI is InChI=1S/C22H26N2O3/c1-2-14-3-5-15(6-4-14)21(25)23-12-16-9-10-24(19(16)13-23)22(26)18-11-17-7-8-20(18)27-17/h2-6,16-20H,1,7-13H2/t16-,17+,18+,19+,20-/m0/s1. The van der Waals surface area contributed by atoms with Crippen LogP contribution in [0.2, 0.25) is 0 Å². The van der Waals surface area contributed by atoms with Crippen LogP contribution in [0.1, 0.15) is 41.6 Å². The summed E-state index contributed by atoms with van der Waals surface area (Å²) in [5.41, 5.74) is 1.72. The van der Waals surface area contributed by atoms with Crippen molar-refractivity contribution in [3.8, 4) is 0 Å². The molecule has 5 rings (SSSR count). The van der Waals surface area contributed by atoms with Crippen LogP contribution in [0.4, 0.5) is 0 Å². The van der Waals surface area contributed by atoms with Gasteiger partial charge in [-0.1, -0.05) is 24.8 Å². The Labute approximate surface area is 160 Å². The van der Waals surface area contributed by atoms with Crippen molar-refractivity contribution < 1.29 is 14.3 Å². The molecule has 1 aromatic rings. The Morgan fingerprint density at radius 3 is 2.59 bits per heavy atom. The normalized spacial score (nSPS) is 34.1. The lowest BCUT2D eigenvalue weighted by Crippen LogP contribution is -2.45. The van der Waals surface area contributed by atoms with Gasteiger partial charge < -0.3 is 14.5 Å². The van der Waals surface area contributed by atoms with E-state index in [0.717, 1.165) is 44.3 Å². The van der Waals surface area contributed by atoms with Crippen molar-refractivity contribution >= 4 is 17.9 Å². The van der Waals surface area contributed by atoms with Crippen LogP contribution in [-0.4, -0.2) is 59.5 Å². The van der Waals surface area contributed by atoms with Crippen LogP contribution in [0.15, 0.2) is 30.8 Å². The summed E-state index contributed by atoms with van der Waals surface area (Å²) in [6, 6.07) is 7.74. The van der Waals surface area contributed by atoms with E-state index >= 15 is 0 Å². The van der Waals surface area contributed by atoms with Crippen molar-refractivity contribution in [2.24, 2.45) is 11.8 Å². The first kappa shape index (κ1) is 17.0. The number of fused-ring (bicyclic) bond motifs is 3. The number of hydrogen-bond acceptors (Lipinski definition) is 3. The minimum absolute atomic E-state index is 0.0405. The maximum absolute atomic E-state index is 13.1. The lowest BCUT2D eigenvalue weighted by atomic mass is 9.88. The molecule has 5 atom stereocenters. The van der Waals surface area contributed by atoms with E-state index in [9.17, 15) is 9.59 Å². The van der Waals surface area contributed by atoms with E-state index in [-0.39, 0.29) is 29.9 Å². The Balaban J connectivity index is 1.27. The zero-order chi connectivity index (χ0) is 18.5. The fourth-order valence-electron chi connectivity index (χ4n) is 5.46. The summed E-state index contributed by atoms with van der Waals surface area (Å²) in [5, 5.41) is 0. The highest BCUT2D eigenvalue weighted by molar-refractivity contribution is 5.94. The van der Waals surface area contributed by atoms with Gasteiger partial charge in [0.25, 0.3) is 5.91 Å². The van der Waals surface area contributed by atoms with Crippen molar-refractivity contribution in [1.29, 1.82) is 0 Å². The topological polar surface area (TPSA) is 49.9 Å². The molecule has 0 N–H and O–H groups in total. The third kappa shape index (κ3) is 2.80. The molecule has 4 heterocycles. The van der Waals surface area contributed by atoms with E-state index in [1.807, 2.05) is 29.2 Å². The van der Waals surface area contributed by atoms with Crippen LogP contribution in [0.25, 0.3) is 6.08 Å². The first-order chi connectivity index (χ1) is 13.1. The van der Waals surface area contributed by atoms with Crippen molar-refractivity contribution in [3.63, 3.8) is 0 Å². The number of hydrogen-bond donors (Lipinski definition) is 0. The fourth-order valence-corrected chi connectivity index (χ4v) is 5.46. The Morgan fingerprint density at radius 2 is 1.93 bits per heavy atom. The van der Waals surface area contributed by atoms with Crippen molar-refractivity contribution in [2.45, 2.75) is 43.9 Å². The van der Waals surface area contributed by atoms with Crippen molar-refractivity contribution in [1.82, 2.24) is 9.80 Å². The van der Waals surface area contributed by atoms with Crippen molar-refractivity contribution in [2.75, 3.05) is 19.6 Å². The molecule has 0 radical (unpaired) electrons. The molecule has 2 amide bonds. The minimum atomic E-state index is 0.0405. The van der Waals surface area contributed by atoms with Gasteiger partial charge in [0.05, 0.1) is 24.2 Å². The molecule has 27 heavy (non-hydrogen) atoms. The number of nitrogens with zero attached hydrogens (tertiary/aromatic N) is 2. The van der Waals surface area contributed by atoms with Crippen LogP contribution >= 0.6 is 0 Å². The highest BCUT2D eigenvalue weighted by Gasteiger charge is 2.50. The predicted molar refractivity (Wildman–Crippen MR) is 102 cm³/mol. The van der Waals surface area contributed by atoms with Gasteiger partial charge in [-0.15, -0.1) is 0 Å². The van der Waals surface area contributed by atoms with Gasteiger partial charge in [-0.25, -0.2) is 0 Å². The second-order valence-corrected chi connectivity index (χ2v) is 8.40. The molecule has 2 bridgehead atoms. The lowest BCUT2D eigenvalue weighted by Gasteiger charge is -2.29. The molecule has 0 saturated carbocycles.